The lowest BCUT2D eigenvalue weighted by molar-refractivity contribution is 0.585. The number of anilines is 1. The summed E-state index contributed by atoms with van der Waals surface area (Å²) in [6.07, 6.45) is 3.29. The summed E-state index contributed by atoms with van der Waals surface area (Å²) in [6, 6.07) is 10.7. The molecule has 0 bridgehead atoms. The fourth-order valence-corrected chi connectivity index (χ4v) is 2.73. The normalized spacial score (nSPS) is 10.6. The fourth-order valence-electron chi connectivity index (χ4n) is 2.32. The highest BCUT2D eigenvalue weighted by atomic mass is 35.5. The highest BCUT2D eigenvalue weighted by Gasteiger charge is 2.09. The molecule has 134 valence electrons. The Hall–Kier alpha value is -2.51. The maximum atomic E-state index is 13.8. The molecular weight excluding hydrogens is 378 g/mol. The van der Waals surface area contributed by atoms with Gasteiger partial charge in [-0.3, -0.25) is 4.68 Å². The van der Waals surface area contributed by atoms with Crippen LogP contribution in [0.3, 0.4) is 0 Å². The molecule has 0 unspecified atom stereocenters. The quantitative estimate of drug-likeness (QED) is 0.633. The summed E-state index contributed by atoms with van der Waals surface area (Å²) >= 11 is 11.3. The van der Waals surface area contributed by atoms with Crippen molar-refractivity contribution in [1.29, 1.82) is 0 Å². The van der Waals surface area contributed by atoms with Gasteiger partial charge in [-0.05, 0) is 42.0 Å². The molecular formula is C18H15ClF2N4S. The van der Waals surface area contributed by atoms with Gasteiger partial charge in [0.25, 0.3) is 0 Å². The lowest BCUT2D eigenvalue weighted by Crippen LogP contribution is -2.27. The van der Waals surface area contributed by atoms with Crippen LogP contribution in [0.2, 0.25) is 5.02 Å². The number of nitrogens with one attached hydrogen (secondary N) is 2. The Kier molecular flexibility index (Phi) is 5.80. The third-order valence-electron chi connectivity index (χ3n) is 3.64. The van der Waals surface area contributed by atoms with Gasteiger partial charge in [-0.2, -0.15) is 5.10 Å². The lowest BCUT2D eigenvalue weighted by atomic mass is 10.2. The molecule has 0 aliphatic heterocycles. The molecule has 8 heteroatoms. The van der Waals surface area contributed by atoms with Crippen LogP contribution in [0.1, 0.15) is 11.1 Å². The van der Waals surface area contributed by atoms with Gasteiger partial charge in [-0.1, -0.05) is 29.8 Å². The van der Waals surface area contributed by atoms with Crippen LogP contribution in [0, 0.1) is 11.6 Å². The predicted octanol–water partition coefficient (Wildman–Crippen LogP) is 4.35. The SMILES string of the molecule is Fc1ccc(CNC(=S)Nc2cnn(Cc3c(F)cccc3Cl)c2)cc1. The molecule has 0 aliphatic carbocycles. The summed E-state index contributed by atoms with van der Waals surface area (Å²) in [5.74, 6) is -0.657. The second kappa shape index (κ2) is 8.25. The van der Waals surface area contributed by atoms with Crippen LogP contribution in [0.15, 0.2) is 54.9 Å². The first kappa shape index (κ1) is 18.3. The van der Waals surface area contributed by atoms with Crippen molar-refractivity contribution in [2.45, 2.75) is 13.1 Å². The van der Waals surface area contributed by atoms with Crippen molar-refractivity contribution in [3.63, 3.8) is 0 Å². The fraction of sp³-hybridized carbons (Fsp3) is 0.111. The number of halogens is 3. The minimum absolute atomic E-state index is 0.211. The Morgan fingerprint density at radius 2 is 1.92 bits per heavy atom. The second-order valence-electron chi connectivity index (χ2n) is 5.56. The predicted molar refractivity (Wildman–Crippen MR) is 102 cm³/mol. The molecule has 3 aromatic rings. The van der Waals surface area contributed by atoms with E-state index in [1.165, 1.54) is 18.2 Å². The van der Waals surface area contributed by atoms with Crippen molar-refractivity contribution in [2.75, 3.05) is 5.32 Å². The van der Waals surface area contributed by atoms with Gasteiger partial charge in [0.1, 0.15) is 11.6 Å². The van der Waals surface area contributed by atoms with Gasteiger partial charge < -0.3 is 10.6 Å². The Morgan fingerprint density at radius 1 is 1.15 bits per heavy atom. The van der Waals surface area contributed by atoms with Crippen LogP contribution in [-0.4, -0.2) is 14.9 Å². The average Bonchev–Trinajstić information content (AvgIpc) is 3.05. The number of thiocarbonyl (C=S) groups is 1. The minimum Gasteiger partial charge on any atom is -0.358 e. The van der Waals surface area contributed by atoms with E-state index in [-0.39, 0.29) is 18.2 Å². The standard InChI is InChI=1S/C18H15ClF2N4S/c19-16-2-1-3-17(21)15(16)11-25-10-14(9-23-25)24-18(26)22-8-12-4-6-13(20)7-5-12/h1-7,9-10H,8,11H2,(H2,22,24,26). The maximum Gasteiger partial charge on any atom is 0.171 e. The van der Waals surface area contributed by atoms with Gasteiger partial charge >= 0.3 is 0 Å². The van der Waals surface area contributed by atoms with Gasteiger partial charge in [0.05, 0.1) is 18.4 Å². The Balaban J connectivity index is 1.56. The number of aromatic nitrogens is 2. The summed E-state index contributed by atoms with van der Waals surface area (Å²) in [5, 5.41) is 10.9. The van der Waals surface area contributed by atoms with E-state index < -0.39 is 0 Å². The molecule has 4 nitrogen and oxygen atoms in total. The number of benzene rings is 2. The Labute approximate surface area is 159 Å². The topological polar surface area (TPSA) is 41.9 Å². The first-order chi connectivity index (χ1) is 12.5. The van der Waals surface area contributed by atoms with Crippen LogP contribution >= 0.6 is 23.8 Å². The third kappa shape index (κ3) is 4.77. The van der Waals surface area contributed by atoms with Crippen molar-refractivity contribution in [3.05, 3.63) is 82.6 Å². The third-order valence-corrected chi connectivity index (χ3v) is 4.24. The summed E-state index contributed by atoms with van der Waals surface area (Å²) in [4.78, 5) is 0. The Morgan fingerprint density at radius 3 is 2.65 bits per heavy atom. The average molecular weight is 393 g/mol. The van der Waals surface area contributed by atoms with Gasteiger partial charge in [0, 0.05) is 23.3 Å². The van der Waals surface area contributed by atoms with E-state index in [0.717, 1.165) is 5.56 Å². The molecule has 0 aliphatic rings. The van der Waals surface area contributed by atoms with E-state index in [1.54, 1.807) is 41.3 Å². The molecule has 0 atom stereocenters. The van der Waals surface area contributed by atoms with Gasteiger partial charge in [0.2, 0.25) is 0 Å². The zero-order valence-electron chi connectivity index (χ0n) is 13.5. The van der Waals surface area contributed by atoms with E-state index >= 15 is 0 Å². The maximum absolute atomic E-state index is 13.8. The molecule has 0 fully saturated rings. The summed E-state index contributed by atoms with van der Waals surface area (Å²) < 4.78 is 28.3. The number of nitrogens with zero attached hydrogens (tertiary/aromatic N) is 2. The highest BCUT2D eigenvalue weighted by Crippen LogP contribution is 2.20. The summed E-state index contributed by atoms with van der Waals surface area (Å²) in [6.45, 7) is 0.675. The van der Waals surface area contributed by atoms with E-state index in [1.807, 2.05) is 0 Å². The lowest BCUT2D eigenvalue weighted by Gasteiger charge is -2.09. The Bertz CT molecular complexity index is 892. The van der Waals surface area contributed by atoms with Crippen molar-refractivity contribution < 1.29 is 8.78 Å². The molecule has 0 spiro atoms. The van der Waals surface area contributed by atoms with Gasteiger partial charge in [-0.15, -0.1) is 0 Å². The molecule has 26 heavy (non-hydrogen) atoms. The smallest absolute Gasteiger partial charge is 0.171 e. The molecule has 0 saturated heterocycles. The van der Waals surface area contributed by atoms with Crippen molar-refractivity contribution in [1.82, 2.24) is 15.1 Å². The van der Waals surface area contributed by atoms with E-state index in [0.29, 0.717) is 27.9 Å². The van der Waals surface area contributed by atoms with Gasteiger partial charge in [0.15, 0.2) is 5.11 Å². The number of hydrogen-bond donors (Lipinski definition) is 2. The molecule has 0 radical (unpaired) electrons. The van der Waals surface area contributed by atoms with Crippen LogP contribution in [-0.2, 0) is 13.1 Å². The van der Waals surface area contributed by atoms with Crippen molar-refractivity contribution >= 4 is 34.6 Å². The van der Waals surface area contributed by atoms with Crippen LogP contribution in [0.25, 0.3) is 0 Å². The minimum atomic E-state index is -0.376. The largest absolute Gasteiger partial charge is 0.358 e. The van der Waals surface area contributed by atoms with Gasteiger partial charge in [-0.25, -0.2) is 8.78 Å². The van der Waals surface area contributed by atoms with Crippen LogP contribution in [0.5, 0.6) is 0 Å². The molecule has 2 N–H and O–H groups in total. The second-order valence-corrected chi connectivity index (χ2v) is 6.38. The first-order valence-corrected chi connectivity index (χ1v) is 8.54. The molecule has 1 heterocycles. The van der Waals surface area contributed by atoms with Crippen molar-refractivity contribution in [3.8, 4) is 0 Å². The number of rotatable bonds is 5. The molecule has 0 saturated carbocycles. The highest BCUT2D eigenvalue weighted by molar-refractivity contribution is 7.80. The summed E-state index contributed by atoms with van der Waals surface area (Å²) in [5.41, 5.74) is 1.94. The van der Waals surface area contributed by atoms with Crippen LogP contribution < -0.4 is 10.6 Å². The van der Waals surface area contributed by atoms with Crippen LogP contribution in [0.4, 0.5) is 14.5 Å². The molecule has 0 amide bonds. The van der Waals surface area contributed by atoms with E-state index in [2.05, 4.69) is 15.7 Å². The molecule has 3 rings (SSSR count). The monoisotopic (exact) mass is 392 g/mol. The summed E-state index contributed by atoms with van der Waals surface area (Å²) in [7, 11) is 0. The first-order valence-electron chi connectivity index (χ1n) is 7.76. The molecule has 1 aromatic heterocycles. The van der Waals surface area contributed by atoms with E-state index in [9.17, 15) is 8.78 Å². The molecule has 2 aromatic carbocycles. The number of hydrogen-bond acceptors (Lipinski definition) is 2. The zero-order chi connectivity index (χ0) is 18.5. The zero-order valence-corrected chi connectivity index (χ0v) is 15.1. The van der Waals surface area contributed by atoms with E-state index in [4.69, 9.17) is 23.8 Å². The van der Waals surface area contributed by atoms with Crippen molar-refractivity contribution in [2.24, 2.45) is 0 Å².